The second-order valence-electron chi connectivity index (χ2n) is 6.80. The molecule has 0 aliphatic heterocycles. The number of hydrogen-bond donors (Lipinski definition) is 1. The Morgan fingerprint density at radius 3 is 2.57 bits per heavy atom. The molecule has 4 atom stereocenters. The van der Waals surface area contributed by atoms with Gasteiger partial charge in [0.2, 0.25) is 0 Å². The molecule has 0 aromatic rings. The van der Waals surface area contributed by atoms with Gasteiger partial charge < -0.3 is 10.1 Å². The molecule has 1 rings (SSSR count). The molecule has 0 spiro atoms. The monoisotopic (exact) mass is 298 g/mol. The summed E-state index contributed by atoms with van der Waals surface area (Å²) in [6.45, 7) is 13.5. The predicted molar refractivity (Wildman–Crippen MR) is 91.8 cm³/mol. The zero-order chi connectivity index (χ0) is 15.7. The smallest absolute Gasteiger partial charge is 0.0615 e. The molecule has 3 heteroatoms. The van der Waals surface area contributed by atoms with Crippen LogP contribution in [0.25, 0.3) is 0 Å². The molecule has 0 amide bonds. The largest absolute Gasteiger partial charge is 0.383 e. The molecule has 3 nitrogen and oxygen atoms in total. The van der Waals surface area contributed by atoms with Gasteiger partial charge in [-0.1, -0.05) is 27.2 Å². The first-order valence-corrected chi connectivity index (χ1v) is 9.12. The molecule has 0 aromatic heterocycles. The lowest BCUT2D eigenvalue weighted by molar-refractivity contribution is 0.0710. The molecular formula is C18H38N2O. The first kappa shape index (κ1) is 18.9. The standard InChI is InChI=1S/C18H38N2O/c1-6-11-19-18-10-9-16(7-2)12-17(18)13-20(8-3)15(4)14-21-5/h15-19H,6-14H2,1-5H3. The third-order valence-electron chi connectivity index (χ3n) is 5.23. The van der Waals surface area contributed by atoms with Crippen molar-refractivity contribution in [3.63, 3.8) is 0 Å². The van der Waals surface area contributed by atoms with Crippen LogP contribution in [0.1, 0.15) is 59.8 Å². The average Bonchev–Trinajstić information content (AvgIpc) is 2.51. The van der Waals surface area contributed by atoms with Crippen LogP contribution in [-0.2, 0) is 4.74 Å². The van der Waals surface area contributed by atoms with Gasteiger partial charge in [-0.2, -0.15) is 0 Å². The van der Waals surface area contributed by atoms with Gasteiger partial charge in [-0.05, 0) is 57.5 Å². The van der Waals surface area contributed by atoms with Crippen LogP contribution < -0.4 is 5.32 Å². The van der Waals surface area contributed by atoms with E-state index in [4.69, 9.17) is 4.74 Å². The Morgan fingerprint density at radius 2 is 2.00 bits per heavy atom. The maximum Gasteiger partial charge on any atom is 0.0615 e. The molecular weight excluding hydrogens is 260 g/mol. The zero-order valence-corrected chi connectivity index (χ0v) is 15.0. The topological polar surface area (TPSA) is 24.5 Å². The Balaban J connectivity index is 2.61. The van der Waals surface area contributed by atoms with Crippen LogP contribution in [0.5, 0.6) is 0 Å². The van der Waals surface area contributed by atoms with Crippen molar-refractivity contribution in [2.45, 2.75) is 71.9 Å². The fourth-order valence-electron chi connectivity index (χ4n) is 3.80. The van der Waals surface area contributed by atoms with E-state index in [9.17, 15) is 0 Å². The van der Waals surface area contributed by atoms with Gasteiger partial charge in [-0.3, -0.25) is 4.90 Å². The van der Waals surface area contributed by atoms with Gasteiger partial charge in [0.1, 0.15) is 0 Å². The second kappa shape index (κ2) is 10.6. The maximum absolute atomic E-state index is 5.35. The maximum atomic E-state index is 5.35. The van der Waals surface area contributed by atoms with Gasteiger partial charge in [-0.15, -0.1) is 0 Å². The van der Waals surface area contributed by atoms with Crippen LogP contribution in [0.4, 0.5) is 0 Å². The van der Waals surface area contributed by atoms with Crippen LogP contribution in [0.3, 0.4) is 0 Å². The normalized spacial score (nSPS) is 28.0. The average molecular weight is 299 g/mol. The van der Waals surface area contributed by atoms with Crippen molar-refractivity contribution in [3.8, 4) is 0 Å². The highest BCUT2D eigenvalue weighted by atomic mass is 16.5. The van der Waals surface area contributed by atoms with E-state index in [0.29, 0.717) is 6.04 Å². The lowest BCUT2D eigenvalue weighted by Crippen LogP contribution is -2.48. The van der Waals surface area contributed by atoms with E-state index in [-0.39, 0.29) is 0 Å². The van der Waals surface area contributed by atoms with Crippen LogP contribution in [0, 0.1) is 11.8 Å². The van der Waals surface area contributed by atoms with E-state index in [1.54, 1.807) is 0 Å². The van der Waals surface area contributed by atoms with E-state index in [1.807, 2.05) is 7.11 Å². The van der Waals surface area contributed by atoms with Gasteiger partial charge >= 0.3 is 0 Å². The van der Waals surface area contributed by atoms with Crippen molar-refractivity contribution in [2.75, 3.05) is 33.4 Å². The van der Waals surface area contributed by atoms with Gasteiger partial charge in [0.05, 0.1) is 6.61 Å². The van der Waals surface area contributed by atoms with Crippen molar-refractivity contribution >= 4 is 0 Å². The summed E-state index contributed by atoms with van der Waals surface area (Å²) < 4.78 is 5.35. The first-order valence-electron chi connectivity index (χ1n) is 9.12. The molecule has 0 saturated heterocycles. The molecule has 1 N–H and O–H groups in total. The Morgan fingerprint density at radius 1 is 1.24 bits per heavy atom. The zero-order valence-electron chi connectivity index (χ0n) is 15.0. The Hall–Kier alpha value is -0.120. The molecule has 0 radical (unpaired) electrons. The Bertz CT molecular complexity index is 260. The summed E-state index contributed by atoms with van der Waals surface area (Å²) in [6, 6.07) is 1.24. The first-order chi connectivity index (χ1) is 10.2. The Labute approximate surface area is 132 Å². The molecule has 0 aromatic carbocycles. The summed E-state index contributed by atoms with van der Waals surface area (Å²) in [5.74, 6) is 1.74. The van der Waals surface area contributed by atoms with Crippen LogP contribution in [0.2, 0.25) is 0 Å². The molecule has 0 heterocycles. The van der Waals surface area contributed by atoms with Crippen LogP contribution in [0.15, 0.2) is 0 Å². The van der Waals surface area contributed by atoms with Gasteiger partial charge in [0.15, 0.2) is 0 Å². The molecule has 126 valence electrons. The summed E-state index contributed by atoms with van der Waals surface area (Å²) in [5.41, 5.74) is 0. The number of rotatable bonds is 10. The number of ether oxygens (including phenoxy) is 1. The summed E-state index contributed by atoms with van der Waals surface area (Å²) in [7, 11) is 1.81. The number of nitrogens with one attached hydrogen (secondary N) is 1. The number of likely N-dealkylation sites (N-methyl/N-ethyl adjacent to an activating group) is 1. The number of methoxy groups -OCH3 is 1. The number of nitrogens with zero attached hydrogens (tertiary/aromatic N) is 1. The quantitative estimate of drug-likeness (QED) is 0.667. The molecule has 1 aliphatic carbocycles. The highest BCUT2D eigenvalue weighted by Crippen LogP contribution is 2.32. The molecule has 0 bridgehead atoms. The second-order valence-corrected chi connectivity index (χ2v) is 6.80. The van der Waals surface area contributed by atoms with E-state index >= 15 is 0 Å². The molecule has 1 saturated carbocycles. The van der Waals surface area contributed by atoms with Crippen molar-refractivity contribution in [1.29, 1.82) is 0 Å². The highest BCUT2D eigenvalue weighted by Gasteiger charge is 2.31. The van der Waals surface area contributed by atoms with E-state index in [2.05, 4.69) is 37.9 Å². The van der Waals surface area contributed by atoms with E-state index < -0.39 is 0 Å². The minimum Gasteiger partial charge on any atom is -0.383 e. The van der Waals surface area contributed by atoms with Crippen molar-refractivity contribution in [2.24, 2.45) is 11.8 Å². The summed E-state index contributed by atoms with van der Waals surface area (Å²) in [4.78, 5) is 2.60. The molecule has 4 unspecified atom stereocenters. The highest BCUT2D eigenvalue weighted by molar-refractivity contribution is 4.87. The predicted octanol–water partition coefficient (Wildman–Crippen LogP) is 3.54. The Kier molecular flexibility index (Phi) is 9.54. The summed E-state index contributed by atoms with van der Waals surface area (Å²) in [6.07, 6.45) is 6.75. The minimum absolute atomic E-state index is 0.522. The third-order valence-corrected chi connectivity index (χ3v) is 5.23. The summed E-state index contributed by atoms with van der Waals surface area (Å²) >= 11 is 0. The molecule has 21 heavy (non-hydrogen) atoms. The fraction of sp³-hybridized carbons (Fsp3) is 1.00. The van der Waals surface area contributed by atoms with Crippen molar-refractivity contribution in [1.82, 2.24) is 10.2 Å². The third kappa shape index (κ3) is 6.25. The lowest BCUT2D eigenvalue weighted by Gasteiger charge is -2.40. The van der Waals surface area contributed by atoms with Gasteiger partial charge in [-0.25, -0.2) is 0 Å². The SMILES string of the molecule is CCCNC1CCC(CC)CC1CN(CC)C(C)COC. The van der Waals surface area contributed by atoms with Crippen molar-refractivity contribution in [3.05, 3.63) is 0 Å². The van der Waals surface area contributed by atoms with Gasteiger partial charge in [0, 0.05) is 25.7 Å². The van der Waals surface area contributed by atoms with Crippen LogP contribution >= 0.6 is 0 Å². The minimum atomic E-state index is 0.522. The van der Waals surface area contributed by atoms with Crippen molar-refractivity contribution < 1.29 is 4.74 Å². The molecule has 1 fully saturated rings. The molecule has 1 aliphatic rings. The van der Waals surface area contributed by atoms with Crippen LogP contribution in [-0.4, -0.2) is 50.3 Å². The lowest BCUT2D eigenvalue weighted by atomic mass is 9.76. The summed E-state index contributed by atoms with van der Waals surface area (Å²) in [5, 5.41) is 3.81. The van der Waals surface area contributed by atoms with E-state index in [0.717, 1.165) is 37.6 Å². The fourth-order valence-corrected chi connectivity index (χ4v) is 3.80. The van der Waals surface area contributed by atoms with E-state index in [1.165, 1.54) is 38.6 Å². The number of hydrogen-bond acceptors (Lipinski definition) is 3. The van der Waals surface area contributed by atoms with Gasteiger partial charge in [0.25, 0.3) is 0 Å².